The van der Waals surface area contributed by atoms with Crippen molar-refractivity contribution in [2.45, 2.75) is 6.54 Å². The number of carbonyl (C=O) groups excluding carboxylic acids is 1. The van der Waals surface area contributed by atoms with Crippen molar-refractivity contribution in [1.29, 1.82) is 0 Å². The van der Waals surface area contributed by atoms with Gasteiger partial charge in [-0.25, -0.2) is 4.79 Å². The van der Waals surface area contributed by atoms with Crippen molar-refractivity contribution in [2.24, 2.45) is 0 Å². The van der Waals surface area contributed by atoms with Gasteiger partial charge in [-0.1, -0.05) is 23.5 Å². The number of aromatic nitrogens is 1. The molecule has 0 aliphatic carbocycles. The molecule has 0 unspecified atom stereocenters. The van der Waals surface area contributed by atoms with Crippen molar-refractivity contribution in [3.05, 3.63) is 50.6 Å². The lowest BCUT2D eigenvalue weighted by atomic mass is 10.1. The van der Waals surface area contributed by atoms with E-state index in [1.807, 2.05) is 0 Å². The maximum absolute atomic E-state index is 11.7. The van der Waals surface area contributed by atoms with E-state index in [0.717, 1.165) is 11.3 Å². The molecule has 0 amide bonds. The summed E-state index contributed by atoms with van der Waals surface area (Å²) in [6.07, 6.45) is 1.68. The minimum absolute atomic E-state index is 0.0757. The second-order valence-corrected chi connectivity index (χ2v) is 4.53. The number of hydrogen-bond acceptors (Lipinski definition) is 5. The molecule has 5 nitrogen and oxygen atoms in total. The van der Waals surface area contributed by atoms with Gasteiger partial charge in [0, 0.05) is 17.3 Å². The summed E-state index contributed by atoms with van der Waals surface area (Å²) >= 11 is 1.11. The molecule has 2 aromatic rings. The fourth-order valence-corrected chi connectivity index (χ4v) is 2.28. The summed E-state index contributed by atoms with van der Waals surface area (Å²) in [6.45, 7) is 0.303. The summed E-state index contributed by atoms with van der Waals surface area (Å²) in [5, 5.41) is 1.70. The second-order valence-electron chi connectivity index (χ2n) is 3.67. The van der Waals surface area contributed by atoms with Gasteiger partial charge in [-0.2, -0.15) is 0 Å². The van der Waals surface area contributed by atoms with Crippen LogP contribution in [0.25, 0.3) is 0 Å². The lowest BCUT2D eigenvalue weighted by molar-refractivity contribution is 0.0600. The van der Waals surface area contributed by atoms with E-state index < -0.39 is 5.97 Å². The first-order valence-corrected chi connectivity index (χ1v) is 6.11. The van der Waals surface area contributed by atoms with Crippen LogP contribution in [0.1, 0.15) is 15.9 Å². The molecule has 18 heavy (non-hydrogen) atoms. The van der Waals surface area contributed by atoms with Gasteiger partial charge in [-0.05, 0) is 11.6 Å². The van der Waals surface area contributed by atoms with Crippen LogP contribution >= 0.6 is 11.3 Å². The molecule has 0 aliphatic rings. The van der Waals surface area contributed by atoms with E-state index in [1.54, 1.807) is 29.8 Å². The molecule has 2 N–H and O–H groups in total. The summed E-state index contributed by atoms with van der Waals surface area (Å²) in [7, 11) is 1.30. The molecule has 0 saturated heterocycles. The number of esters is 1. The number of ether oxygens (including phenoxy) is 1. The van der Waals surface area contributed by atoms with Gasteiger partial charge < -0.3 is 15.0 Å². The van der Waals surface area contributed by atoms with Crippen molar-refractivity contribution < 1.29 is 9.53 Å². The first-order chi connectivity index (χ1) is 8.63. The molecule has 6 heteroatoms. The highest BCUT2D eigenvalue weighted by Crippen LogP contribution is 2.19. The van der Waals surface area contributed by atoms with E-state index in [1.165, 1.54) is 11.7 Å². The van der Waals surface area contributed by atoms with Gasteiger partial charge in [-0.3, -0.25) is 4.79 Å². The molecule has 0 aliphatic heterocycles. The molecule has 1 aromatic carbocycles. The van der Waals surface area contributed by atoms with Gasteiger partial charge >= 0.3 is 10.8 Å². The van der Waals surface area contributed by atoms with Gasteiger partial charge in [0.05, 0.1) is 19.2 Å². The van der Waals surface area contributed by atoms with Gasteiger partial charge in [-0.15, -0.1) is 0 Å². The minimum Gasteiger partial charge on any atom is -0.465 e. The van der Waals surface area contributed by atoms with E-state index in [2.05, 4.69) is 0 Å². The maximum atomic E-state index is 11.7. The van der Waals surface area contributed by atoms with E-state index in [-0.39, 0.29) is 4.87 Å². The number of nitrogens with zero attached hydrogens (tertiary/aromatic N) is 1. The Labute approximate surface area is 107 Å². The first kappa shape index (κ1) is 12.4. The van der Waals surface area contributed by atoms with Crippen molar-refractivity contribution >= 4 is 23.0 Å². The number of carbonyl (C=O) groups is 1. The van der Waals surface area contributed by atoms with E-state index in [9.17, 15) is 9.59 Å². The van der Waals surface area contributed by atoms with Crippen LogP contribution in [0.2, 0.25) is 0 Å². The van der Waals surface area contributed by atoms with Crippen LogP contribution in [-0.4, -0.2) is 17.6 Å². The molecule has 0 spiro atoms. The van der Waals surface area contributed by atoms with Crippen molar-refractivity contribution in [1.82, 2.24) is 4.57 Å². The zero-order valence-electron chi connectivity index (χ0n) is 9.75. The molecule has 2 rings (SSSR count). The summed E-state index contributed by atoms with van der Waals surface area (Å²) in [6, 6.07) is 5.13. The van der Waals surface area contributed by atoms with Crippen LogP contribution in [-0.2, 0) is 11.3 Å². The largest absolute Gasteiger partial charge is 0.465 e. The van der Waals surface area contributed by atoms with Crippen molar-refractivity contribution in [3.63, 3.8) is 0 Å². The SMILES string of the molecule is COC(=O)c1c(N)cccc1Cn1ccsc1=O. The zero-order chi connectivity index (χ0) is 13.1. The normalized spacial score (nSPS) is 10.3. The Balaban J connectivity index is 2.45. The first-order valence-electron chi connectivity index (χ1n) is 5.23. The van der Waals surface area contributed by atoms with Crippen LogP contribution in [0, 0.1) is 0 Å². The highest BCUT2D eigenvalue weighted by molar-refractivity contribution is 7.07. The van der Waals surface area contributed by atoms with Crippen LogP contribution in [0.15, 0.2) is 34.6 Å². The molecule has 0 saturated carbocycles. The number of methoxy groups -OCH3 is 1. The molecule has 1 heterocycles. The second kappa shape index (κ2) is 5.05. The number of rotatable bonds is 3. The molecule has 0 fully saturated rings. The molecule has 0 bridgehead atoms. The van der Waals surface area contributed by atoms with Gasteiger partial charge in [0.25, 0.3) is 0 Å². The quantitative estimate of drug-likeness (QED) is 0.670. The highest BCUT2D eigenvalue weighted by atomic mass is 32.1. The topological polar surface area (TPSA) is 74.3 Å². The Morgan fingerprint density at radius 2 is 2.28 bits per heavy atom. The van der Waals surface area contributed by atoms with Gasteiger partial charge in [0.15, 0.2) is 0 Å². The van der Waals surface area contributed by atoms with Crippen LogP contribution in [0.3, 0.4) is 0 Å². The van der Waals surface area contributed by atoms with Crippen LogP contribution in [0.4, 0.5) is 5.69 Å². The number of nitrogens with two attached hydrogens (primary N) is 1. The van der Waals surface area contributed by atoms with Gasteiger partial charge in [0.2, 0.25) is 0 Å². The predicted molar refractivity (Wildman–Crippen MR) is 69.9 cm³/mol. The number of nitrogen functional groups attached to an aromatic ring is 1. The average molecular weight is 264 g/mol. The summed E-state index contributed by atoms with van der Waals surface area (Å²) in [5.41, 5.74) is 7.12. The zero-order valence-corrected chi connectivity index (χ0v) is 10.6. The molecule has 94 valence electrons. The monoisotopic (exact) mass is 264 g/mol. The Bertz CT molecular complexity index is 630. The Morgan fingerprint density at radius 1 is 1.50 bits per heavy atom. The van der Waals surface area contributed by atoms with Gasteiger partial charge in [0.1, 0.15) is 0 Å². The van der Waals surface area contributed by atoms with E-state index in [4.69, 9.17) is 10.5 Å². The van der Waals surface area contributed by atoms with E-state index in [0.29, 0.717) is 23.4 Å². The Hall–Kier alpha value is -2.08. The molecule has 1 aromatic heterocycles. The summed E-state index contributed by atoms with van der Waals surface area (Å²) < 4.78 is 6.22. The lowest BCUT2D eigenvalue weighted by Gasteiger charge is -2.10. The fraction of sp³-hybridized carbons (Fsp3) is 0.167. The number of hydrogen-bond donors (Lipinski definition) is 1. The third-order valence-corrected chi connectivity index (χ3v) is 3.25. The number of benzene rings is 1. The number of anilines is 1. The van der Waals surface area contributed by atoms with Crippen molar-refractivity contribution in [2.75, 3.05) is 12.8 Å². The molecule has 0 atom stereocenters. The smallest absolute Gasteiger partial charge is 0.340 e. The molecular weight excluding hydrogens is 252 g/mol. The maximum Gasteiger partial charge on any atom is 0.340 e. The number of thiazole rings is 1. The average Bonchev–Trinajstić information content (AvgIpc) is 2.74. The third-order valence-electron chi connectivity index (χ3n) is 2.56. The minimum atomic E-state index is -0.494. The summed E-state index contributed by atoms with van der Waals surface area (Å²) in [5.74, 6) is -0.494. The molecular formula is C12H12N2O3S. The summed E-state index contributed by atoms with van der Waals surface area (Å²) in [4.78, 5) is 23.1. The third kappa shape index (κ3) is 2.28. The Kier molecular flexibility index (Phi) is 3.47. The highest BCUT2D eigenvalue weighted by Gasteiger charge is 2.15. The molecule has 0 radical (unpaired) electrons. The standard InChI is InChI=1S/C12H12N2O3S/c1-17-11(15)10-8(3-2-4-9(10)13)7-14-5-6-18-12(14)16/h2-6H,7,13H2,1H3. The predicted octanol–water partition coefficient (Wildman–Crippen LogP) is 1.33. The van der Waals surface area contributed by atoms with Crippen molar-refractivity contribution in [3.8, 4) is 0 Å². The van der Waals surface area contributed by atoms with E-state index >= 15 is 0 Å². The van der Waals surface area contributed by atoms with Crippen LogP contribution < -0.4 is 10.6 Å². The fourth-order valence-electron chi connectivity index (χ4n) is 1.69. The lowest BCUT2D eigenvalue weighted by Crippen LogP contribution is -2.16. The van der Waals surface area contributed by atoms with Crippen LogP contribution in [0.5, 0.6) is 0 Å². The Morgan fingerprint density at radius 3 is 2.89 bits per heavy atom.